The average molecular weight is 454 g/mol. The molecular weight excluding hydrogens is 426 g/mol. The third kappa shape index (κ3) is 3.51. The predicted molar refractivity (Wildman–Crippen MR) is 123 cm³/mol. The molecule has 0 spiro atoms. The Hall–Kier alpha value is -2.73. The number of hydrogen-bond donors (Lipinski definition) is 1. The Kier molecular flexibility index (Phi) is 5.28. The topological polar surface area (TPSA) is 67.5 Å². The highest BCUT2D eigenvalue weighted by molar-refractivity contribution is 6.30. The molecule has 0 bridgehead atoms. The van der Waals surface area contributed by atoms with Crippen molar-refractivity contribution in [3.05, 3.63) is 58.9 Å². The number of carbonyl (C=O) groups is 2. The minimum atomic E-state index is -1.05. The van der Waals surface area contributed by atoms with E-state index in [-0.39, 0.29) is 17.9 Å². The zero-order valence-corrected chi connectivity index (χ0v) is 19.2. The van der Waals surface area contributed by atoms with Gasteiger partial charge in [0.15, 0.2) is 5.58 Å². The van der Waals surface area contributed by atoms with E-state index >= 15 is 0 Å². The van der Waals surface area contributed by atoms with Gasteiger partial charge in [-0.3, -0.25) is 9.59 Å². The minimum absolute atomic E-state index is 0.109. The van der Waals surface area contributed by atoms with Crippen LogP contribution in [-0.4, -0.2) is 32.9 Å². The number of benzene rings is 1. The van der Waals surface area contributed by atoms with Crippen molar-refractivity contribution < 1.29 is 14.0 Å². The van der Waals surface area contributed by atoms with E-state index in [9.17, 15) is 9.59 Å². The second kappa shape index (κ2) is 8.00. The molecule has 3 heterocycles. The number of halogens is 1. The second-order valence-electron chi connectivity index (χ2n) is 9.42. The lowest BCUT2D eigenvalue weighted by molar-refractivity contribution is -0.134. The summed E-state index contributed by atoms with van der Waals surface area (Å²) >= 11 is 6.20. The highest BCUT2D eigenvalue weighted by Gasteiger charge is 2.48. The summed E-state index contributed by atoms with van der Waals surface area (Å²) in [5.74, 6) is 0.138. The monoisotopic (exact) mass is 453 g/mol. The van der Waals surface area contributed by atoms with Crippen molar-refractivity contribution in [1.82, 2.24) is 14.8 Å². The number of hydrogen-bond acceptors (Lipinski definition) is 3. The fourth-order valence-corrected chi connectivity index (χ4v) is 5.41. The molecule has 1 aliphatic carbocycles. The molecule has 32 heavy (non-hydrogen) atoms. The van der Waals surface area contributed by atoms with Gasteiger partial charge in [0.05, 0.1) is 18.3 Å². The number of carbonyl (C=O) groups excluding carboxylic acids is 2. The Morgan fingerprint density at radius 2 is 2.06 bits per heavy atom. The van der Waals surface area contributed by atoms with Crippen LogP contribution in [0.3, 0.4) is 0 Å². The van der Waals surface area contributed by atoms with Crippen LogP contribution in [-0.2, 0) is 17.9 Å². The van der Waals surface area contributed by atoms with E-state index in [4.69, 9.17) is 16.0 Å². The first kappa shape index (κ1) is 21.1. The molecule has 1 fully saturated rings. The lowest BCUT2D eigenvalue weighted by Crippen LogP contribution is -2.65. The van der Waals surface area contributed by atoms with Gasteiger partial charge in [0.2, 0.25) is 5.91 Å². The standard InChI is InChI=1S/C25H28ClN3O3/c1-16-6-3-4-9-19(16)27-24(31)25(2)15-28-20-10-11-32-22(20)13-21(28)23(30)29(25)14-17-7-5-8-18(26)12-17/h5,7-8,10-13,16,19H,3-4,6,9,14-15H2,1-2H3,(H,27,31)/t16-,19-,25-/m1/s1. The van der Waals surface area contributed by atoms with E-state index in [1.54, 1.807) is 23.3 Å². The van der Waals surface area contributed by atoms with Crippen LogP contribution in [0.25, 0.3) is 11.1 Å². The summed E-state index contributed by atoms with van der Waals surface area (Å²) in [4.78, 5) is 29.2. The molecule has 3 atom stereocenters. The molecule has 7 heteroatoms. The van der Waals surface area contributed by atoms with Crippen molar-refractivity contribution in [3.63, 3.8) is 0 Å². The maximum absolute atomic E-state index is 13.8. The van der Waals surface area contributed by atoms with Gasteiger partial charge in [-0.15, -0.1) is 0 Å². The molecule has 1 aliphatic heterocycles. The maximum Gasteiger partial charge on any atom is 0.271 e. The molecule has 5 rings (SSSR count). The van der Waals surface area contributed by atoms with E-state index in [2.05, 4.69) is 12.2 Å². The van der Waals surface area contributed by atoms with Crippen molar-refractivity contribution in [2.75, 3.05) is 0 Å². The molecule has 2 aromatic heterocycles. The lowest BCUT2D eigenvalue weighted by atomic mass is 9.85. The second-order valence-corrected chi connectivity index (χ2v) is 9.86. The molecule has 3 aromatic rings. The molecule has 6 nitrogen and oxygen atoms in total. The summed E-state index contributed by atoms with van der Waals surface area (Å²) in [5.41, 5.74) is 1.87. The lowest BCUT2D eigenvalue weighted by Gasteiger charge is -2.45. The maximum atomic E-state index is 13.8. The molecule has 0 unspecified atom stereocenters. The first-order valence-electron chi connectivity index (χ1n) is 11.3. The Morgan fingerprint density at radius 1 is 1.25 bits per heavy atom. The van der Waals surface area contributed by atoms with Crippen molar-refractivity contribution >= 4 is 34.5 Å². The normalized spacial score (nSPS) is 25.7. The summed E-state index contributed by atoms with van der Waals surface area (Å²) in [7, 11) is 0. The Morgan fingerprint density at radius 3 is 2.84 bits per heavy atom. The molecular formula is C25H28ClN3O3. The van der Waals surface area contributed by atoms with E-state index < -0.39 is 5.54 Å². The van der Waals surface area contributed by atoms with Gasteiger partial charge in [-0.25, -0.2) is 0 Å². The van der Waals surface area contributed by atoms with Crippen LogP contribution < -0.4 is 5.32 Å². The van der Waals surface area contributed by atoms with E-state index in [0.717, 1.165) is 30.3 Å². The number of furan rings is 1. The van der Waals surface area contributed by atoms with Crippen LogP contribution in [0.4, 0.5) is 0 Å². The van der Waals surface area contributed by atoms with Crippen LogP contribution in [0.5, 0.6) is 0 Å². The molecule has 168 valence electrons. The minimum Gasteiger partial charge on any atom is -0.463 e. The van der Waals surface area contributed by atoms with Gasteiger partial charge in [-0.2, -0.15) is 0 Å². The largest absolute Gasteiger partial charge is 0.463 e. The van der Waals surface area contributed by atoms with E-state index in [1.807, 2.05) is 35.8 Å². The fraction of sp³-hybridized carbons (Fsp3) is 0.440. The molecule has 1 aromatic carbocycles. The third-order valence-electron chi connectivity index (χ3n) is 7.20. The van der Waals surface area contributed by atoms with Crippen molar-refractivity contribution in [3.8, 4) is 0 Å². The first-order valence-corrected chi connectivity index (χ1v) is 11.7. The van der Waals surface area contributed by atoms with Gasteiger partial charge in [-0.05, 0) is 43.4 Å². The molecule has 2 amide bonds. The first-order chi connectivity index (χ1) is 15.4. The number of rotatable bonds is 4. The number of nitrogens with zero attached hydrogens (tertiary/aromatic N) is 2. The number of amides is 2. The SMILES string of the molecule is C[C@@H]1CCCC[C@H]1NC(=O)[C@@]1(C)Cn2c(cc3occc32)C(=O)N1Cc1cccc(Cl)c1. The highest BCUT2D eigenvalue weighted by Crippen LogP contribution is 2.35. The van der Waals surface area contributed by atoms with Crippen LogP contribution in [0.2, 0.25) is 5.02 Å². The molecule has 1 N–H and O–H groups in total. The zero-order chi connectivity index (χ0) is 22.5. The molecule has 0 saturated heterocycles. The molecule has 1 saturated carbocycles. The Balaban J connectivity index is 1.53. The summed E-state index contributed by atoms with van der Waals surface area (Å²) in [6, 6.07) is 11.2. The quantitative estimate of drug-likeness (QED) is 0.604. The summed E-state index contributed by atoms with van der Waals surface area (Å²) in [5, 5.41) is 3.90. The van der Waals surface area contributed by atoms with Crippen LogP contribution in [0, 0.1) is 5.92 Å². The summed E-state index contributed by atoms with van der Waals surface area (Å²) < 4.78 is 7.46. The Labute approximate surface area is 192 Å². The van der Waals surface area contributed by atoms with Gasteiger partial charge in [0.1, 0.15) is 11.2 Å². The van der Waals surface area contributed by atoms with Crippen LogP contribution in [0.1, 0.15) is 55.6 Å². The van der Waals surface area contributed by atoms with Crippen molar-refractivity contribution in [1.29, 1.82) is 0 Å². The van der Waals surface area contributed by atoms with Gasteiger partial charge in [0, 0.05) is 29.7 Å². The van der Waals surface area contributed by atoms with Gasteiger partial charge >= 0.3 is 0 Å². The zero-order valence-electron chi connectivity index (χ0n) is 18.4. The van der Waals surface area contributed by atoms with Gasteiger partial charge in [-0.1, -0.05) is 43.5 Å². The number of aromatic nitrogens is 1. The van der Waals surface area contributed by atoms with Crippen molar-refractivity contribution in [2.24, 2.45) is 5.92 Å². The van der Waals surface area contributed by atoms with Gasteiger partial charge in [0.25, 0.3) is 5.91 Å². The average Bonchev–Trinajstić information content (AvgIpc) is 3.35. The molecule has 0 radical (unpaired) electrons. The highest BCUT2D eigenvalue weighted by atomic mass is 35.5. The van der Waals surface area contributed by atoms with Crippen molar-refractivity contribution in [2.45, 2.75) is 64.2 Å². The third-order valence-corrected chi connectivity index (χ3v) is 7.43. The number of nitrogens with one attached hydrogen (secondary N) is 1. The van der Waals surface area contributed by atoms with Crippen LogP contribution >= 0.6 is 11.6 Å². The smallest absolute Gasteiger partial charge is 0.271 e. The van der Waals surface area contributed by atoms with E-state index in [0.29, 0.717) is 35.3 Å². The fourth-order valence-electron chi connectivity index (χ4n) is 5.19. The predicted octanol–water partition coefficient (Wildman–Crippen LogP) is 5.00. The van der Waals surface area contributed by atoms with Crippen LogP contribution in [0.15, 0.2) is 47.1 Å². The summed E-state index contributed by atoms with van der Waals surface area (Å²) in [6.07, 6.45) is 6.03. The Bertz CT molecular complexity index is 1180. The van der Waals surface area contributed by atoms with Gasteiger partial charge < -0.3 is 19.2 Å². The number of fused-ring (bicyclic) bond motifs is 3. The summed E-state index contributed by atoms with van der Waals surface area (Å²) in [6.45, 7) is 4.73. The van der Waals surface area contributed by atoms with E-state index in [1.165, 1.54) is 6.42 Å². The molecule has 2 aliphatic rings.